The Morgan fingerprint density at radius 2 is 1.88 bits per heavy atom. The van der Waals surface area contributed by atoms with Crippen LogP contribution in [0.15, 0.2) is 30.3 Å². The minimum Gasteiger partial charge on any atom is -0.340 e. The first-order valence-electron chi connectivity index (χ1n) is 9.46. The van der Waals surface area contributed by atoms with Crippen LogP contribution < -0.4 is 0 Å². The molecule has 1 aromatic carbocycles. The fourth-order valence-electron chi connectivity index (χ4n) is 4.01. The SMILES string of the molecule is Cn1c(C(=O)N2CCC(c3nc(C4CC4)n[nH]3)CC2)cc2ccccc21. The second kappa shape index (κ2) is 5.97. The van der Waals surface area contributed by atoms with E-state index in [4.69, 9.17) is 4.98 Å². The number of likely N-dealkylation sites (tertiary alicyclic amines) is 1. The number of fused-ring (bicyclic) bond motifs is 1. The standard InChI is InChI=1S/C20H23N5O/c1-24-16-5-3-2-4-15(16)12-17(24)20(26)25-10-8-14(9-11-25)19-21-18(22-23-19)13-6-7-13/h2-5,12-14H,6-11H2,1H3,(H,21,22,23). The molecule has 1 saturated heterocycles. The molecule has 0 unspecified atom stereocenters. The van der Waals surface area contributed by atoms with Crippen LogP contribution in [-0.4, -0.2) is 43.6 Å². The van der Waals surface area contributed by atoms with E-state index in [0.717, 1.165) is 54.2 Å². The van der Waals surface area contributed by atoms with Crippen LogP contribution in [0.25, 0.3) is 10.9 Å². The van der Waals surface area contributed by atoms with Crippen LogP contribution in [-0.2, 0) is 7.05 Å². The summed E-state index contributed by atoms with van der Waals surface area (Å²) < 4.78 is 2.00. The third-order valence-corrected chi connectivity index (χ3v) is 5.80. The Bertz CT molecular complexity index is 960. The lowest BCUT2D eigenvalue weighted by atomic mass is 9.96. The van der Waals surface area contributed by atoms with Crippen molar-refractivity contribution in [1.82, 2.24) is 24.6 Å². The highest BCUT2D eigenvalue weighted by Crippen LogP contribution is 2.38. The number of aromatic amines is 1. The van der Waals surface area contributed by atoms with Crippen LogP contribution in [0, 0.1) is 0 Å². The third kappa shape index (κ3) is 2.60. The van der Waals surface area contributed by atoms with Gasteiger partial charge in [-0.25, -0.2) is 4.98 Å². The molecular weight excluding hydrogens is 326 g/mol. The van der Waals surface area contributed by atoms with Gasteiger partial charge in [0.1, 0.15) is 11.5 Å². The Labute approximate surface area is 152 Å². The minimum absolute atomic E-state index is 0.124. The van der Waals surface area contributed by atoms with Gasteiger partial charge in [-0.2, -0.15) is 5.10 Å². The van der Waals surface area contributed by atoms with Gasteiger partial charge < -0.3 is 9.47 Å². The summed E-state index contributed by atoms with van der Waals surface area (Å²) in [5, 5.41) is 8.62. The van der Waals surface area contributed by atoms with Crippen molar-refractivity contribution in [3.63, 3.8) is 0 Å². The summed E-state index contributed by atoms with van der Waals surface area (Å²) in [4.78, 5) is 19.7. The maximum absolute atomic E-state index is 13.0. The van der Waals surface area contributed by atoms with E-state index in [9.17, 15) is 4.79 Å². The minimum atomic E-state index is 0.124. The summed E-state index contributed by atoms with van der Waals surface area (Å²) in [7, 11) is 1.97. The number of hydrogen-bond donors (Lipinski definition) is 1. The summed E-state index contributed by atoms with van der Waals surface area (Å²) in [6.07, 6.45) is 4.31. The van der Waals surface area contributed by atoms with Gasteiger partial charge in [0.15, 0.2) is 5.82 Å². The lowest BCUT2D eigenvalue weighted by molar-refractivity contribution is 0.0702. The molecule has 3 heterocycles. The first-order chi connectivity index (χ1) is 12.7. The fraction of sp³-hybridized carbons (Fsp3) is 0.450. The molecule has 2 fully saturated rings. The number of carbonyl (C=O) groups is 1. The van der Waals surface area contributed by atoms with Crippen LogP contribution >= 0.6 is 0 Å². The maximum atomic E-state index is 13.0. The zero-order chi connectivity index (χ0) is 17.7. The molecule has 6 heteroatoms. The molecular formula is C20H23N5O. The molecule has 0 atom stereocenters. The quantitative estimate of drug-likeness (QED) is 0.790. The van der Waals surface area contributed by atoms with Gasteiger partial charge in [0.05, 0.1) is 0 Å². The van der Waals surface area contributed by atoms with E-state index in [1.54, 1.807) is 0 Å². The fourth-order valence-corrected chi connectivity index (χ4v) is 4.01. The Hall–Kier alpha value is -2.63. The van der Waals surface area contributed by atoms with E-state index >= 15 is 0 Å². The number of nitrogens with one attached hydrogen (secondary N) is 1. The zero-order valence-corrected chi connectivity index (χ0v) is 15.0. The van der Waals surface area contributed by atoms with Crippen LogP contribution in [0.4, 0.5) is 0 Å². The maximum Gasteiger partial charge on any atom is 0.270 e. The molecule has 0 radical (unpaired) electrons. The predicted molar refractivity (Wildman–Crippen MR) is 99.2 cm³/mol. The molecule has 134 valence electrons. The lowest BCUT2D eigenvalue weighted by Gasteiger charge is -2.31. The van der Waals surface area contributed by atoms with E-state index in [-0.39, 0.29) is 5.91 Å². The van der Waals surface area contributed by atoms with Crippen molar-refractivity contribution in [3.8, 4) is 0 Å². The number of hydrogen-bond acceptors (Lipinski definition) is 3. The highest BCUT2D eigenvalue weighted by Gasteiger charge is 2.31. The van der Waals surface area contributed by atoms with Crippen molar-refractivity contribution >= 4 is 16.8 Å². The molecule has 2 aliphatic rings. The number of para-hydroxylation sites is 1. The Kier molecular flexibility index (Phi) is 3.58. The first-order valence-corrected chi connectivity index (χ1v) is 9.46. The van der Waals surface area contributed by atoms with E-state index in [1.165, 1.54) is 12.8 Å². The van der Waals surface area contributed by atoms with Gasteiger partial charge in [0.25, 0.3) is 5.91 Å². The molecule has 1 N–H and O–H groups in total. The summed E-state index contributed by atoms with van der Waals surface area (Å²) >= 11 is 0. The molecule has 1 amide bonds. The molecule has 0 bridgehead atoms. The van der Waals surface area contributed by atoms with Gasteiger partial charge in [-0.05, 0) is 37.8 Å². The number of amides is 1. The smallest absolute Gasteiger partial charge is 0.270 e. The number of rotatable bonds is 3. The number of piperidine rings is 1. The average molecular weight is 349 g/mol. The second-order valence-electron chi connectivity index (χ2n) is 7.57. The molecule has 1 aliphatic heterocycles. The molecule has 6 nitrogen and oxygen atoms in total. The second-order valence-corrected chi connectivity index (χ2v) is 7.57. The number of aromatic nitrogens is 4. The Morgan fingerprint density at radius 3 is 2.62 bits per heavy atom. The number of carbonyl (C=O) groups excluding carboxylic acids is 1. The van der Waals surface area contributed by atoms with Gasteiger partial charge in [-0.3, -0.25) is 9.89 Å². The summed E-state index contributed by atoms with van der Waals surface area (Å²) in [6.45, 7) is 1.54. The molecule has 3 aromatic rings. The number of nitrogens with zero attached hydrogens (tertiary/aromatic N) is 4. The highest BCUT2D eigenvalue weighted by molar-refractivity contribution is 5.98. The van der Waals surface area contributed by atoms with Crippen molar-refractivity contribution < 1.29 is 4.79 Å². The van der Waals surface area contributed by atoms with Crippen molar-refractivity contribution in [3.05, 3.63) is 47.7 Å². The van der Waals surface area contributed by atoms with Gasteiger partial charge in [-0.1, -0.05) is 18.2 Å². The van der Waals surface area contributed by atoms with Crippen LogP contribution in [0.1, 0.15) is 59.7 Å². The normalized spacial score (nSPS) is 18.6. The van der Waals surface area contributed by atoms with Crippen molar-refractivity contribution in [2.24, 2.45) is 7.05 Å². The van der Waals surface area contributed by atoms with Crippen LogP contribution in [0.5, 0.6) is 0 Å². The molecule has 2 aromatic heterocycles. The van der Waals surface area contributed by atoms with Gasteiger partial charge >= 0.3 is 0 Å². The molecule has 1 aliphatic carbocycles. The molecule has 0 spiro atoms. The summed E-state index contributed by atoms with van der Waals surface area (Å²) in [5.74, 6) is 3.07. The molecule has 1 saturated carbocycles. The lowest BCUT2D eigenvalue weighted by Crippen LogP contribution is -2.38. The number of aryl methyl sites for hydroxylation is 1. The summed E-state index contributed by atoms with van der Waals surface area (Å²) in [6, 6.07) is 10.1. The van der Waals surface area contributed by atoms with Crippen molar-refractivity contribution in [1.29, 1.82) is 0 Å². The first kappa shape index (κ1) is 15.6. The number of H-pyrrole nitrogens is 1. The van der Waals surface area contributed by atoms with Crippen LogP contribution in [0.2, 0.25) is 0 Å². The highest BCUT2D eigenvalue weighted by atomic mass is 16.2. The van der Waals surface area contributed by atoms with E-state index in [0.29, 0.717) is 11.8 Å². The third-order valence-electron chi connectivity index (χ3n) is 5.80. The molecule has 5 rings (SSSR count). The Balaban J connectivity index is 1.29. The zero-order valence-electron chi connectivity index (χ0n) is 15.0. The van der Waals surface area contributed by atoms with Crippen LogP contribution in [0.3, 0.4) is 0 Å². The van der Waals surface area contributed by atoms with Gasteiger partial charge in [-0.15, -0.1) is 0 Å². The largest absolute Gasteiger partial charge is 0.340 e. The van der Waals surface area contributed by atoms with Crippen molar-refractivity contribution in [2.45, 2.75) is 37.5 Å². The van der Waals surface area contributed by atoms with Gasteiger partial charge in [0.2, 0.25) is 0 Å². The summed E-state index contributed by atoms with van der Waals surface area (Å²) in [5.41, 5.74) is 1.86. The topological polar surface area (TPSA) is 66.8 Å². The Morgan fingerprint density at radius 1 is 1.12 bits per heavy atom. The van der Waals surface area contributed by atoms with E-state index in [2.05, 4.69) is 22.3 Å². The molecule has 26 heavy (non-hydrogen) atoms. The predicted octanol–water partition coefficient (Wildman–Crippen LogP) is 3.19. The van der Waals surface area contributed by atoms with E-state index in [1.807, 2.05) is 34.7 Å². The number of benzene rings is 1. The van der Waals surface area contributed by atoms with E-state index < -0.39 is 0 Å². The monoisotopic (exact) mass is 349 g/mol. The average Bonchev–Trinajstić information content (AvgIpc) is 3.32. The van der Waals surface area contributed by atoms with Crippen molar-refractivity contribution in [2.75, 3.05) is 13.1 Å². The van der Waals surface area contributed by atoms with Gasteiger partial charge in [0, 0.05) is 42.9 Å².